The molecule has 0 radical (unpaired) electrons. The van der Waals surface area contributed by atoms with Gasteiger partial charge < -0.3 is 14.9 Å². The van der Waals surface area contributed by atoms with Gasteiger partial charge in [0.1, 0.15) is 17.2 Å². The molecule has 0 amide bonds. The first kappa shape index (κ1) is 10.6. The Balaban J connectivity index is 2.43. The van der Waals surface area contributed by atoms with E-state index in [9.17, 15) is 9.18 Å². The minimum atomic E-state index is -0.986. The molecule has 0 saturated heterocycles. The van der Waals surface area contributed by atoms with Crippen LogP contribution in [0.2, 0.25) is 0 Å². The number of ether oxygens (including phenoxy) is 1. The van der Waals surface area contributed by atoms with Crippen molar-refractivity contribution < 1.29 is 18.3 Å². The highest BCUT2D eigenvalue weighted by Crippen LogP contribution is 2.24. The second kappa shape index (κ2) is 3.94. The summed E-state index contributed by atoms with van der Waals surface area (Å²) in [5, 5.41) is 0.691. The molecule has 1 unspecified atom stereocenters. The second-order valence-electron chi connectivity index (χ2n) is 3.33. The first-order valence-corrected chi connectivity index (χ1v) is 4.64. The maximum absolute atomic E-state index is 12.9. The molecule has 16 heavy (non-hydrogen) atoms. The lowest BCUT2D eigenvalue weighted by atomic mass is 10.2. The molecule has 0 aliphatic heterocycles. The van der Waals surface area contributed by atoms with Gasteiger partial charge in [0.15, 0.2) is 6.04 Å². The Labute approximate surface area is 90.8 Å². The van der Waals surface area contributed by atoms with Crippen molar-refractivity contribution in [1.82, 2.24) is 0 Å². The van der Waals surface area contributed by atoms with E-state index in [1.165, 1.54) is 19.2 Å². The van der Waals surface area contributed by atoms with Gasteiger partial charge in [-0.2, -0.15) is 0 Å². The molecule has 4 nitrogen and oxygen atoms in total. The fourth-order valence-electron chi connectivity index (χ4n) is 1.42. The number of carbonyl (C=O) groups is 1. The molecule has 0 aliphatic rings. The number of fused-ring (bicyclic) bond motifs is 1. The van der Waals surface area contributed by atoms with Crippen LogP contribution in [0.5, 0.6) is 0 Å². The van der Waals surface area contributed by atoms with E-state index in [-0.39, 0.29) is 5.76 Å². The quantitative estimate of drug-likeness (QED) is 0.787. The van der Waals surface area contributed by atoms with Crippen LogP contribution in [-0.4, -0.2) is 13.1 Å². The Bertz CT molecular complexity index is 535. The Morgan fingerprint density at radius 2 is 2.25 bits per heavy atom. The first-order valence-electron chi connectivity index (χ1n) is 4.64. The van der Waals surface area contributed by atoms with Gasteiger partial charge in [0.25, 0.3) is 0 Å². The summed E-state index contributed by atoms with van der Waals surface area (Å²) in [6, 6.07) is 4.71. The predicted octanol–water partition coefficient (Wildman–Crippen LogP) is 1.74. The molecule has 1 aromatic heterocycles. The van der Waals surface area contributed by atoms with Crippen LogP contribution in [0, 0.1) is 5.82 Å². The highest BCUT2D eigenvalue weighted by Gasteiger charge is 2.20. The number of esters is 1. The molecule has 0 fully saturated rings. The van der Waals surface area contributed by atoms with Crippen molar-refractivity contribution >= 4 is 16.9 Å². The summed E-state index contributed by atoms with van der Waals surface area (Å²) in [5.41, 5.74) is 5.94. The lowest BCUT2D eigenvalue weighted by molar-refractivity contribution is -0.142. The van der Waals surface area contributed by atoms with Gasteiger partial charge in [-0.1, -0.05) is 0 Å². The van der Waals surface area contributed by atoms with Crippen LogP contribution in [0.25, 0.3) is 11.0 Å². The number of nitrogens with two attached hydrogens (primary N) is 1. The van der Waals surface area contributed by atoms with Crippen molar-refractivity contribution in [3.63, 3.8) is 0 Å². The third kappa shape index (κ3) is 1.77. The molecule has 5 heteroatoms. The molecule has 1 heterocycles. The first-order chi connectivity index (χ1) is 7.61. The Hall–Kier alpha value is -1.88. The van der Waals surface area contributed by atoms with Gasteiger partial charge in [-0.05, 0) is 18.2 Å². The molecule has 2 aromatic rings. The standard InChI is InChI=1S/C11H10FNO3/c1-15-11(14)10(13)9-4-6-2-3-7(12)5-8(6)16-9/h2-5,10H,13H2,1H3. The lowest BCUT2D eigenvalue weighted by Crippen LogP contribution is -2.21. The van der Waals surface area contributed by atoms with Crippen LogP contribution in [-0.2, 0) is 9.53 Å². The van der Waals surface area contributed by atoms with E-state index in [4.69, 9.17) is 10.2 Å². The van der Waals surface area contributed by atoms with Crippen LogP contribution in [0.3, 0.4) is 0 Å². The van der Waals surface area contributed by atoms with E-state index >= 15 is 0 Å². The van der Waals surface area contributed by atoms with Gasteiger partial charge in [0.05, 0.1) is 7.11 Å². The molecule has 0 aliphatic carbocycles. The zero-order valence-electron chi connectivity index (χ0n) is 8.57. The number of carbonyl (C=O) groups excluding carboxylic acids is 1. The molecule has 2 rings (SSSR count). The van der Waals surface area contributed by atoms with E-state index in [2.05, 4.69) is 4.74 Å². The Morgan fingerprint density at radius 1 is 1.50 bits per heavy atom. The van der Waals surface area contributed by atoms with Crippen molar-refractivity contribution in [2.24, 2.45) is 5.73 Å². The normalized spacial score (nSPS) is 12.7. The molecular weight excluding hydrogens is 213 g/mol. The maximum atomic E-state index is 12.9. The van der Waals surface area contributed by atoms with Gasteiger partial charge in [-0.15, -0.1) is 0 Å². The molecule has 1 aromatic carbocycles. The fourth-order valence-corrected chi connectivity index (χ4v) is 1.42. The number of hydrogen-bond donors (Lipinski definition) is 1. The van der Waals surface area contributed by atoms with E-state index < -0.39 is 17.8 Å². The van der Waals surface area contributed by atoms with Crippen LogP contribution < -0.4 is 5.73 Å². The van der Waals surface area contributed by atoms with Crippen molar-refractivity contribution in [1.29, 1.82) is 0 Å². The number of benzene rings is 1. The maximum Gasteiger partial charge on any atom is 0.330 e. The van der Waals surface area contributed by atoms with Crippen LogP contribution >= 0.6 is 0 Å². The minimum absolute atomic E-state index is 0.257. The number of methoxy groups -OCH3 is 1. The van der Waals surface area contributed by atoms with Crippen molar-refractivity contribution in [2.45, 2.75) is 6.04 Å². The summed E-state index contributed by atoms with van der Waals surface area (Å²) in [7, 11) is 1.24. The van der Waals surface area contributed by atoms with Gasteiger partial charge >= 0.3 is 5.97 Å². The summed E-state index contributed by atoms with van der Waals surface area (Å²) >= 11 is 0. The van der Waals surface area contributed by atoms with Crippen LogP contribution in [0.1, 0.15) is 11.8 Å². The molecule has 0 spiro atoms. The fraction of sp³-hybridized carbons (Fsp3) is 0.182. The molecule has 2 N–H and O–H groups in total. The smallest absolute Gasteiger partial charge is 0.330 e. The molecule has 0 bridgehead atoms. The van der Waals surface area contributed by atoms with Crippen LogP contribution in [0.4, 0.5) is 4.39 Å². The van der Waals surface area contributed by atoms with E-state index in [0.29, 0.717) is 11.0 Å². The zero-order valence-corrected chi connectivity index (χ0v) is 8.57. The average molecular weight is 223 g/mol. The van der Waals surface area contributed by atoms with Crippen molar-refractivity contribution in [3.8, 4) is 0 Å². The monoisotopic (exact) mass is 223 g/mol. The summed E-state index contributed by atoms with van der Waals surface area (Å²) in [4.78, 5) is 11.2. The van der Waals surface area contributed by atoms with Gasteiger partial charge in [0.2, 0.25) is 0 Å². The van der Waals surface area contributed by atoms with Gasteiger partial charge in [0, 0.05) is 11.5 Å². The summed E-state index contributed by atoms with van der Waals surface area (Å²) in [6.07, 6.45) is 0. The van der Waals surface area contributed by atoms with E-state index in [0.717, 1.165) is 0 Å². The van der Waals surface area contributed by atoms with Crippen molar-refractivity contribution in [2.75, 3.05) is 7.11 Å². The second-order valence-corrected chi connectivity index (χ2v) is 3.33. The van der Waals surface area contributed by atoms with Gasteiger partial charge in [-0.3, -0.25) is 0 Å². The third-order valence-corrected chi connectivity index (χ3v) is 2.26. The van der Waals surface area contributed by atoms with Gasteiger partial charge in [-0.25, -0.2) is 9.18 Å². The molecule has 0 saturated carbocycles. The number of halogens is 1. The molecule has 84 valence electrons. The summed E-state index contributed by atoms with van der Waals surface area (Å²) in [5.74, 6) is -0.744. The van der Waals surface area contributed by atoms with E-state index in [1.54, 1.807) is 12.1 Å². The zero-order chi connectivity index (χ0) is 11.7. The Morgan fingerprint density at radius 3 is 2.94 bits per heavy atom. The third-order valence-electron chi connectivity index (χ3n) is 2.26. The molecular formula is C11H10FNO3. The lowest BCUT2D eigenvalue weighted by Gasteiger charge is -2.04. The molecule has 1 atom stereocenters. The largest absolute Gasteiger partial charge is 0.468 e. The SMILES string of the molecule is COC(=O)C(N)c1cc2ccc(F)cc2o1. The highest BCUT2D eigenvalue weighted by molar-refractivity contribution is 5.82. The summed E-state index contributed by atoms with van der Waals surface area (Å²) < 4.78 is 22.6. The average Bonchev–Trinajstić information content (AvgIpc) is 2.69. The predicted molar refractivity (Wildman–Crippen MR) is 55.1 cm³/mol. The number of furan rings is 1. The topological polar surface area (TPSA) is 65.5 Å². The number of rotatable bonds is 2. The van der Waals surface area contributed by atoms with Crippen molar-refractivity contribution in [3.05, 3.63) is 35.8 Å². The number of hydrogen-bond acceptors (Lipinski definition) is 4. The highest BCUT2D eigenvalue weighted by atomic mass is 19.1. The Kier molecular flexibility index (Phi) is 2.62. The minimum Gasteiger partial charge on any atom is -0.468 e. The van der Waals surface area contributed by atoms with Crippen LogP contribution in [0.15, 0.2) is 28.7 Å². The van der Waals surface area contributed by atoms with E-state index in [1.807, 2.05) is 0 Å². The summed E-state index contributed by atoms with van der Waals surface area (Å²) in [6.45, 7) is 0.